The summed E-state index contributed by atoms with van der Waals surface area (Å²) in [7, 11) is 0. The number of carboxylic acid groups (broad SMARTS) is 2. The van der Waals surface area contributed by atoms with Crippen molar-refractivity contribution in [3.8, 4) is 11.4 Å². The van der Waals surface area contributed by atoms with Gasteiger partial charge in [0.05, 0.1) is 33.5 Å². The Kier molecular flexibility index (Phi) is 3.10. The molecule has 29 heavy (non-hydrogen) atoms. The number of carboxylic acids is 2. The Morgan fingerprint density at radius 2 is 1.17 bits per heavy atom. The maximum atomic E-state index is 12.4. The van der Waals surface area contributed by atoms with E-state index >= 15 is 0 Å². The first-order valence-corrected chi connectivity index (χ1v) is 9.46. The highest BCUT2D eigenvalue weighted by molar-refractivity contribution is 6.15. The predicted octanol–water partition coefficient (Wildman–Crippen LogP) is 4.48. The van der Waals surface area contributed by atoms with Crippen LogP contribution in [0.2, 0.25) is 0 Å². The summed E-state index contributed by atoms with van der Waals surface area (Å²) in [6, 6.07) is 14.5. The third-order valence-electron chi connectivity index (χ3n) is 6.02. The van der Waals surface area contributed by atoms with Crippen molar-refractivity contribution in [2.45, 2.75) is 25.3 Å². The van der Waals surface area contributed by atoms with Gasteiger partial charge in [0.15, 0.2) is 0 Å². The number of ether oxygens (including phenoxy) is 1. The van der Waals surface area contributed by atoms with E-state index in [0.29, 0.717) is 22.2 Å². The highest BCUT2D eigenvalue weighted by Gasteiger charge is 2.42. The van der Waals surface area contributed by atoms with Gasteiger partial charge in [-0.15, -0.1) is 0 Å². The molecule has 144 valence electrons. The smallest absolute Gasteiger partial charge is 0.338 e. The van der Waals surface area contributed by atoms with Gasteiger partial charge in [-0.2, -0.15) is 0 Å². The third kappa shape index (κ3) is 1.95. The summed E-state index contributed by atoms with van der Waals surface area (Å²) < 4.78 is 10.1. The van der Waals surface area contributed by atoms with E-state index in [0.717, 1.165) is 23.9 Å². The van der Waals surface area contributed by atoms with Crippen molar-refractivity contribution >= 4 is 33.7 Å². The second-order valence-electron chi connectivity index (χ2n) is 7.45. The Morgan fingerprint density at radius 1 is 0.759 bits per heavy atom. The predicted molar refractivity (Wildman–Crippen MR) is 105 cm³/mol. The van der Waals surface area contributed by atoms with E-state index in [9.17, 15) is 19.8 Å². The standard InChI is InChI=1S/C22H16N2O5/c25-21(26)17-11-5-1-3-7-13(11)23-15-9-10-16(29-15)24-14-8-4-2-6-12(14)18(22(27)28)20(24)19(17)23/h1-8,15-16H,9-10H2,(H,25,26)(H,27,28)/t15-,16+. The summed E-state index contributed by atoms with van der Waals surface area (Å²) >= 11 is 0. The molecule has 2 aromatic heterocycles. The fourth-order valence-corrected chi connectivity index (χ4v) is 5.01. The second-order valence-corrected chi connectivity index (χ2v) is 7.45. The monoisotopic (exact) mass is 388 g/mol. The lowest BCUT2D eigenvalue weighted by Gasteiger charge is -2.16. The highest BCUT2D eigenvalue weighted by atomic mass is 16.5. The summed E-state index contributed by atoms with van der Waals surface area (Å²) in [5.41, 5.74) is 2.51. The topological polar surface area (TPSA) is 93.7 Å². The zero-order valence-corrected chi connectivity index (χ0v) is 15.2. The maximum absolute atomic E-state index is 12.4. The molecule has 7 heteroatoms. The molecule has 0 unspecified atom stereocenters. The molecule has 7 nitrogen and oxygen atoms in total. The van der Waals surface area contributed by atoms with Gasteiger partial charge in [0, 0.05) is 10.8 Å². The van der Waals surface area contributed by atoms with E-state index in [4.69, 9.17) is 4.74 Å². The summed E-state index contributed by atoms with van der Waals surface area (Å²) in [5, 5.41) is 21.4. The Balaban J connectivity index is 1.90. The molecule has 0 aliphatic carbocycles. The molecule has 1 fully saturated rings. The van der Waals surface area contributed by atoms with Crippen molar-refractivity contribution in [2.75, 3.05) is 0 Å². The number of hydrogen-bond donors (Lipinski definition) is 2. The van der Waals surface area contributed by atoms with E-state index < -0.39 is 11.9 Å². The molecule has 2 bridgehead atoms. The minimum absolute atomic E-state index is 0.114. The van der Waals surface area contributed by atoms with E-state index in [2.05, 4.69) is 0 Å². The lowest BCUT2D eigenvalue weighted by Crippen LogP contribution is -2.12. The van der Waals surface area contributed by atoms with Crippen LogP contribution >= 0.6 is 0 Å². The minimum Gasteiger partial charge on any atom is -0.478 e. The zero-order chi connectivity index (χ0) is 19.9. The molecule has 0 radical (unpaired) electrons. The number of rotatable bonds is 2. The summed E-state index contributed by atoms with van der Waals surface area (Å²) in [6.45, 7) is 0. The van der Waals surface area contributed by atoms with Gasteiger partial charge in [-0.25, -0.2) is 9.59 Å². The lowest BCUT2D eigenvalue weighted by atomic mass is 10.0. The molecule has 0 amide bonds. The van der Waals surface area contributed by atoms with Gasteiger partial charge >= 0.3 is 11.9 Å². The molecule has 4 heterocycles. The van der Waals surface area contributed by atoms with Gasteiger partial charge in [0.25, 0.3) is 0 Å². The van der Waals surface area contributed by atoms with Gasteiger partial charge in [-0.1, -0.05) is 36.4 Å². The van der Waals surface area contributed by atoms with Crippen LogP contribution in [0.5, 0.6) is 0 Å². The van der Waals surface area contributed by atoms with Crippen LogP contribution in [-0.4, -0.2) is 31.3 Å². The summed E-state index contributed by atoms with van der Waals surface area (Å²) in [4.78, 5) is 24.7. The van der Waals surface area contributed by atoms with Crippen molar-refractivity contribution < 1.29 is 24.5 Å². The zero-order valence-electron chi connectivity index (χ0n) is 15.2. The Bertz CT molecular complexity index is 1260. The van der Waals surface area contributed by atoms with Gasteiger partial charge in [0.1, 0.15) is 12.5 Å². The van der Waals surface area contributed by atoms with Gasteiger partial charge in [0.2, 0.25) is 0 Å². The Morgan fingerprint density at radius 3 is 1.59 bits per heavy atom. The lowest BCUT2D eigenvalue weighted by molar-refractivity contribution is -0.0236. The number of para-hydroxylation sites is 2. The fourth-order valence-electron chi connectivity index (χ4n) is 5.01. The molecule has 0 spiro atoms. The van der Waals surface area contributed by atoms with E-state index in [-0.39, 0.29) is 23.6 Å². The molecule has 6 rings (SSSR count). The summed E-state index contributed by atoms with van der Waals surface area (Å²) in [5.74, 6) is -2.17. The normalized spacial score (nSPS) is 19.9. The SMILES string of the molecule is O=C(O)c1c2n(c3ccccc13)[C@@H]1CC[C@@H](O1)n1c-2c(C(=O)O)c2ccccc21. The average molecular weight is 388 g/mol. The molecule has 2 atom stereocenters. The first kappa shape index (κ1) is 16.4. The number of benzene rings is 2. The first-order chi connectivity index (χ1) is 14.1. The molecular weight excluding hydrogens is 372 g/mol. The van der Waals surface area contributed by atoms with Crippen LogP contribution in [0.15, 0.2) is 48.5 Å². The van der Waals surface area contributed by atoms with E-state index in [1.54, 1.807) is 24.3 Å². The molecular formula is C22H16N2O5. The van der Waals surface area contributed by atoms with E-state index in [1.807, 2.05) is 33.4 Å². The number of fused-ring (bicyclic) bond motifs is 11. The number of aromatic nitrogens is 2. The number of aromatic carboxylic acids is 2. The van der Waals surface area contributed by atoms with E-state index in [1.165, 1.54) is 0 Å². The van der Waals surface area contributed by atoms with Crippen LogP contribution in [0.4, 0.5) is 0 Å². The largest absolute Gasteiger partial charge is 0.478 e. The Hall–Kier alpha value is -3.58. The average Bonchev–Trinajstić information content (AvgIpc) is 3.35. The maximum Gasteiger partial charge on any atom is 0.338 e. The van der Waals surface area contributed by atoms with Crippen LogP contribution in [0.3, 0.4) is 0 Å². The van der Waals surface area contributed by atoms with Crippen molar-refractivity contribution in [1.29, 1.82) is 0 Å². The number of hydrogen-bond acceptors (Lipinski definition) is 3. The van der Waals surface area contributed by atoms with Crippen LogP contribution in [0, 0.1) is 0 Å². The van der Waals surface area contributed by atoms with Crippen molar-refractivity contribution in [1.82, 2.24) is 9.13 Å². The van der Waals surface area contributed by atoms with Gasteiger partial charge in [-0.3, -0.25) is 0 Å². The third-order valence-corrected chi connectivity index (χ3v) is 6.02. The van der Waals surface area contributed by atoms with Crippen LogP contribution in [0.25, 0.3) is 33.2 Å². The molecule has 2 N–H and O–H groups in total. The molecule has 2 aliphatic heterocycles. The van der Waals surface area contributed by atoms with Crippen molar-refractivity contribution in [2.24, 2.45) is 0 Å². The molecule has 1 saturated heterocycles. The van der Waals surface area contributed by atoms with Crippen molar-refractivity contribution in [3.63, 3.8) is 0 Å². The minimum atomic E-state index is -1.08. The molecule has 4 aromatic rings. The van der Waals surface area contributed by atoms with Crippen LogP contribution in [-0.2, 0) is 4.74 Å². The molecule has 0 saturated carbocycles. The van der Waals surface area contributed by atoms with Crippen LogP contribution in [0.1, 0.15) is 46.0 Å². The second kappa shape index (κ2) is 5.48. The fraction of sp³-hybridized carbons (Fsp3) is 0.182. The molecule has 2 aromatic carbocycles. The number of carbonyl (C=O) groups is 2. The summed E-state index contributed by atoms with van der Waals surface area (Å²) in [6.07, 6.45) is 0.773. The van der Waals surface area contributed by atoms with Gasteiger partial charge < -0.3 is 24.1 Å². The Labute approximate surface area is 164 Å². The molecule has 2 aliphatic rings. The van der Waals surface area contributed by atoms with Crippen molar-refractivity contribution in [3.05, 3.63) is 59.7 Å². The first-order valence-electron chi connectivity index (χ1n) is 9.46. The number of nitrogens with zero attached hydrogens (tertiary/aromatic N) is 2. The van der Waals surface area contributed by atoms with Crippen LogP contribution < -0.4 is 0 Å². The quantitative estimate of drug-likeness (QED) is 0.528. The van der Waals surface area contributed by atoms with Gasteiger partial charge in [-0.05, 0) is 25.0 Å². The highest BCUT2D eigenvalue weighted by Crippen LogP contribution is 2.50.